The van der Waals surface area contributed by atoms with Crippen LogP contribution in [0.25, 0.3) is 0 Å². The number of hydrogen-bond donors (Lipinski definition) is 2. The topological polar surface area (TPSA) is 53.6 Å². The second kappa shape index (κ2) is 4.34. The van der Waals surface area contributed by atoms with Gasteiger partial charge in [0.1, 0.15) is 5.82 Å². The smallest absolute Gasteiger partial charge is 0.153 e. The molecule has 2 N–H and O–H groups in total. The van der Waals surface area contributed by atoms with Gasteiger partial charge in [0, 0.05) is 5.92 Å². The van der Waals surface area contributed by atoms with Crippen molar-refractivity contribution in [2.45, 2.75) is 56.9 Å². The van der Waals surface area contributed by atoms with Crippen molar-refractivity contribution in [2.24, 2.45) is 11.8 Å². The van der Waals surface area contributed by atoms with Crippen molar-refractivity contribution in [3.63, 3.8) is 0 Å². The fourth-order valence-electron chi connectivity index (χ4n) is 4.28. The quantitative estimate of drug-likeness (QED) is 0.843. The minimum Gasteiger partial charge on any atom is -0.307 e. The molecule has 4 nitrogen and oxygen atoms in total. The lowest BCUT2D eigenvalue weighted by Crippen LogP contribution is -2.19. The standard InChI is InChI=1S/C14H22N4/c1-2-5-9(4-1)13-16-14(18-17-13)12-11-7-3-6-10(11)8-15-12/h9-12,15H,1-8H2,(H,16,17,18). The van der Waals surface area contributed by atoms with Gasteiger partial charge in [0.25, 0.3) is 0 Å². The number of nitrogens with zero attached hydrogens (tertiary/aromatic N) is 2. The second-order valence-electron chi connectivity index (χ2n) is 6.30. The maximum atomic E-state index is 4.81. The third kappa shape index (κ3) is 1.69. The number of aromatic amines is 1. The number of hydrogen-bond acceptors (Lipinski definition) is 3. The van der Waals surface area contributed by atoms with E-state index in [1.54, 1.807) is 0 Å². The number of H-pyrrole nitrogens is 1. The lowest BCUT2D eigenvalue weighted by molar-refractivity contribution is 0.408. The zero-order valence-electron chi connectivity index (χ0n) is 10.9. The van der Waals surface area contributed by atoms with Crippen LogP contribution in [0.5, 0.6) is 0 Å². The van der Waals surface area contributed by atoms with E-state index < -0.39 is 0 Å². The largest absolute Gasteiger partial charge is 0.307 e. The van der Waals surface area contributed by atoms with Crippen LogP contribution in [0.4, 0.5) is 0 Å². The summed E-state index contributed by atoms with van der Waals surface area (Å²) in [6, 6.07) is 0.445. The highest BCUT2D eigenvalue weighted by Gasteiger charge is 2.41. The number of rotatable bonds is 2. The van der Waals surface area contributed by atoms with Gasteiger partial charge in [-0.25, -0.2) is 4.98 Å². The van der Waals surface area contributed by atoms with Gasteiger partial charge in [0.15, 0.2) is 5.82 Å². The van der Waals surface area contributed by atoms with Crippen molar-refractivity contribution in [1.29, 1.82) is 0 Å². The maximum absolute atomic E-state index is 4.81. The minimum absolute atomic E-state index is 0.445. The van der Waals surface area contributed by atoms with Gasteiger partial charge in [0.2, 0.25) is 0 Å². The first-order valence-electron chi connectivity index (χ1n) is 7.57. The zero-order chi connectivity index (χ0) is 11.9. The third-order valence-corrected chi connectivity index (χ3v) is 5.28. The number of nitrogens with one attached hydrogen (secondary N) is 2. The Kier molecular flexibility index (Phi) is 2.64. The average molecular weight is 246 g/mol. The molecule has 3 aliphatic rings. The summed E-state index contributed by atoms with van der Waals surface area (Å²) in [5, 5.41) is 11.3. The average Bonchev–Trinajstić information content (AvgIpc) is 3.13. The zero-order valence-corrected chi connectivity index (χ0v) is 10.9. The van der Waals surface area contributed by atoms with Crippen molar-refractivity contribution in [3.8, 4) is 0 Å². The molecule has 3 unspecified atom stereocenters. The number of aromatic nitrogens is 3. The summed E-state index contributed by atoms with van der Waals surface area (Å²) < 4.78 is 0. The first kappa shape index (κ1) is 11.0. The molecule has 1 aromatic heterocycles. The van der Waals surface area contributed by atoms with Crippen molar-refractivity contribution in [2.75, 3.05) is 6.54 Å². The Morgan fingerprint density at radius 1 is 1.00 bits per heavy atom. The summed E-state index contributed by atoms with van der Waals surface area (Å²) in [6.07, 6.45) is 9.42. The molecule has 2 aliphatic carbocycles. The molecule has 4 rings (SSSR count). The van der Waals surface area contributed by atoms with E-state index in [-0.39, 0.29) is 0 Å². The molecule has 0 amide bonds. The van der Waals surface area contributed by atoms with Gasteiger partial charge in [-0.05, 0) is 44.1 Å². The first-order valence-corrected chi connectivity index (χ1v) is 7.57. The van der Waals surface area contributed by atoms with E-state index in [2.05, 4.69) is 15.5 Å². The molecule has 0 radical (unpaired) electrons. The van der Waals surface area contributed by atoms with Crippen LogP contribution < -0.4 is 5.32 Å². The Labute approximate surface area is 108 Å². The molecule has 1 aliphatic heterocycles. The lowest BCUT2D eigenvalue weighted by Gasteiger charge is -2.14. The van der Waals surface area contributed by atoms with Crippen molar-refractivity contribution in [3.05, 3.63) is 11.6 Å². The normalized spacial score (nSPS) is 36.3. The third-order valence-electron chi connectivity index (χ3n) is 5.28. The summed E-state index contributed by atoms with van der Waals surface area (Å²) in [4.78, 5) is 4.81. The fourth-order valence-corrected chi connectivity index (χ4v) is 4.28. The van der Waals surface area contributed by atoms with E-state index in [9.17, 15) is 0 Å². The molecular formula is C14H22N4. The minimum atomic E-state index is 0.445. The van der Waals surface area contributed by atoms with Gasteiger partial charge in [-0.15, -0.1) is 0 Å². The van der Waals surface area contributed by atoms with Crippen LogP contribution >= 0.6 is 0 Å². The highest BCUT2D eigenvalue weighted by Crippen LogP contribution is 2.43. The van der Waals surface area contributed by atoms with Crippen molar-refractivity contribution < 1.29 is 0 Å². The summed E-state index contributed by atoms with van der Waals surface area (Å²) in [6.45, 7) is 1.18. The fraction of sp³-hybridized carbons (Fsp3) is 0.857. The van der Waals surface area contributed by atoms with Crippen LogP contribution in [0.3, 0.4) is 0 Å². The van der Waals surface area contributed by atoms with E-state index in [4.69, 9.17) is 4.98 Å². The van der Waals surface area contributed by atoms with Crippen LogP contribution in [-0.4, -0.2) is 21.7 Å². The second-order valence-corrected chi connectivity index (χ2v) is 6.30. The van der Waals surface area contributed by atoms with Crippen LogP contribution in [-0.2, 0) is 0 Å². The Bertz CT molecular complexity index is 421. The van der Waals surface area contributed by atoms with E-state index in [0.717, 1.165) is 23.5 Å². The van der Waals surface area contributed by atoms with Gasteiger partial charge in [0.05, 0.1) is 6.04 Å². The Balaban J connectivity index is 1.54. The van der Waals surface area contributed by atoms with Crippen LogP contribution in [0, 0.1) is 11.8 Å². The molecule has 3 fully saturated rings. The molecule has 0 bridgehead atoms. The molecule has 98 valence electrons. The van der Waals surface area contributed by atoms with Gasteiger partial charge in [-0.3, -0.25) is 5.10 Å². The summed E-state index contributed by atoms with van der Waals surface area (Å²) in [7, 11) is 0. The van der Waals surface area contributed by atoms with E-state index in [1.165, 1.54) is 51.5 Å². The monoisotopic (exact) mass is 246 g/mol. The SMILES string of the molecule is C1CCC(c2n[nH]c(C3NCC4CCCC43)n2)C1. The molecule has 2 heterocycles. The van der Waals surface area contributed by atoms with E-state index in [1.807, 2.05) is 0 Å². The molecule has 4 heteroatoms. The maximum Gasteiger partial charge on any atom is 0.153 e. The molecule has 2 saturated carbocycles. The predicted octanol–water partition coefficient (Wildman–Crippen LogP) is 2.52. The highest BCUT2D eigenvalue weighted by molar-refractivity contribution is 5.08. The highest BCUT2D eigenvalue weighted by atomic mass is 15.2. The van der Waals surface area contributed by atoms with E-state index >= 15 is 0 Å². The molecule has 1 aromatic rings. The molecule has 3 atom stereocenters. The predicted molar refractivity (Wildman–Crippen MR) is 69.2 cm³/mol. The van der Waals surface area contributed by atoms with Gasteiger partial charge >= 0.3 is 0 Å². The lowest BCUT2D eigenvalue weighted by atomic mass is 9.94. The molecule has 1 saturated heterocycles. The van der Waals surface area contributed by atoms with Gasteiger partial charge < -0.3 is 5.32 Å². The molecule has 0 spiro atoms. The number of fused-ring (bicyclic) bond motifs is 1. The molecular weight excluding hydrogens is 224 g/mol. The van der Waals surface area contributed by atoms with Crippen molar-refractivity contribution in [1.82, 2.24) is 20.5 Å². The van der Waals surface area contributed by atoms with Crippen LogP contribution in [0.1, 0.15) is 68.6 Å². The van der Waals surface area contributed by atoms with Gasteiger partial charge in [-0.1, -0.05) is 19.3 Å². The first-order chi connectivity index (χ1) is 8.92. The van der Waals surface area contributed by atoms with Crippen molar-refractivity contribution >= 4 is 0 Å². The summed E-state index contributed by atoms with van der Waals surface area (Å²) in [5.41, 5.74) is 0. The van der Waals surface area contributed by atoms with Crippen LogP contribution in [0.2, 0.25) is 0 Å². The Morgan fingerprint density at radius 2 is 1.89 bits per heavy atom. The Morgan fingerprint density at radius 3 is 2.78 bits per heavy atom. The van der Waals surface area contributed by atoms with Gasteiger partial charge in [-0.2, -0.15) is 5.10 Å². The summed E-state index contributed by atoms with van der Waals surface area (Å²) >= 11 is 0. The molecule has 18 heavy (non-hydrogen) atoms. The summed E-state index contributed by atoms with van der Waals surface area (Å²) in [5.74, 6) is 4.48. The Hall–Kier alpha value is -0.900. The van der Waals surface area contributed by atoms with Crippen LogP contribution in [0.15, 0.2) is 0 Å². The molecule has 0 aromatic carbocycles. The van der Waals surface area contributed by atoms with E-state index in [0.29, 0.717) is 12.0 Å².